The zero-order valence-electron chi connectivity index (χ0n) is 14.5. The lowest BCUT2D eigenvalue weighted by molar-refractivity contribution is -0.141. The fourth-order valence-corrected chi connectivity index (χ4v) is 2.62. The molecular formula is C16H20F3N5O. The van der Waals surface area contributed by atoms with Crippen LogP contribution in [-0.2, 0) is 30.5 Å². The van der Waals surface area contributed by atoms with Crippen LogP contribution < -0.4 is 5.32 Å². The van der Waals surface area contributed by atoms with E-state index in [0.717, 1.165) is 29.4 Å². The number of hydrogen-bond donors (Lipinski definition) is 1. The van der Waals surface area contributed by atoms with Crippen LogP contribution in [0.25, 0.3) is 0 Å². The van der Waals surface area contributed by atoms with E-state index in [2.05, 4.69) is 20.4 Å². The van der Waals surface area contributed by atoms with E-state index in [0.29, 0.717) is 0 Å². The van der Waals surface area contributed by atoms with E-state index < -0.39 is 11.9 Å². The third-order valence-corrected chi connectivity index (χ3v) is 3.81. The molecule has 0 bridgehead atoms. The van der Waals surface area contributed by atoms with E-state index in [1.807, 2.05) is 20.8 Å². The molecule has 2 aromatic rings. The molecule has 0 saturated carbocycles. The first-order chi connectivity index (χ1) is 11.6. The number of hydrogen-bond acceptors (Lipinski definition) is 4. The number of aryl methyl sites for hydroxylation is 2. The van der Waals surface area contributed by atoms with Crippen LogP contribution in [0.5, 0.6) is 0 Å². The lowest BCUT2D eigenvalue weighted by atomic mass is 10.1. The van der Waals surface area contributed by atoms with Gasteiger partial charge in [0, 0.05) is 11.4 Å². The Hall–Kier alpha value is -2.45. The van der Waals surface area contributed by atoms with Gasteiger partial charge in [-0.25, -0.2) is 9.97 Å². The van der Waals surface area contributed by atoms with Crippen LogP contribution in [-0.4, -0.2) is 25.7 Å². The Morgan fingerprint density at radius 3 is 2.48 bits per heavy atom. The number of rotatable bonds is 5. The van der Waals surface area contributed by atoms with Gasteiger partial charge in [0.1, 0.15) is 18.1 Å². The Morgan fingerprint density at radius 1 is 1.24 bits per heavy atom. The molecule has 6 nitrogen and oxygen atoms in total. The predicted molar refractivity (Wildman–Crippen MR) is 84.7 cm³/mol. The molecule has 0 aliphatic carbocycles. The predicted octanol–water partition coefficient (Wildman–Crippen LogP) is 2.50. The number of carbonyl (C=O) groups excluding carboxylic acids is 1. The zero-order valence-corrected chi connectivity index (χ0v) is 14.5. The molecule has 1 amide bonds. The van der Waals surface area contributed by atoms with Crippen LogP contribution in [0.1, 0.15) is 41.1 Å². The number of nitrogens with zero attached hydrogens (tertiary/aromatic N) is 4. The number of aromatic nitrogens is 4. The molecule has 0 aliphatic rings. The van der Waals surface area contributed by atoms with Crippen molar-refractivity contribution < 1.29 is 18.0 Å². The Balaban J connectivity index is 2.04. The van der Waals surface area contributed by atoms with Gasteiger partial charge in [-0.3, -0.25) is 9.48 Å². The lowest BCUT2D eigenvalue weighted by Crippen LogP contribution is -2.29. The summed E-state index contributed by atoms with van der Waals surface area (Å²) in [4.78, 5) is 19.5. The molecule has 2 heterocycles. The van der Waals surface area contributed by atoms with Gasteiger partial charge in [-0.2, -0.15) is 18.3 Å². The van der Waals surface area contributed by atoms with Gasteiger partial charge in [0.15, 0.2) is 0 Å². The fraction of sp³-hybridized carbons (Fsp3) is 0.500. The molecule has 0 fully saturated rings. The van der Waals surface area contributed by atoms with Crippen LogP contribution in [0.4, 0.5) is 13.2 Å². The van der Waals surface area contributed by atoms with Gasteiger partial charge < -0.3 is 5.32 Å². The van der Waals surface area contributed by atoms with Crippen molar-refractivity contribution >= 4 is 5.91 Å². The Bertz CT molecular complexity index is 783. The van der Waals surface area contributed by atoms with Gasteiger partial charge in [0.05, 0.1) is 12.2 Å². The van der Waals surface area contributed by atoms with Crippen LogP contribution in [0.3, 0.4) is 0 Å². The second-order valence-electron chi connectivity index (χ2n) is 5.75. The second kappa shape index (κ2) is 7.20. The van der Waals surface area contributed by atoms with Crippen molar-refractivity contribution in [3.63, 3.8) is 0 Å². The van der Waals surface area contributed by atoms with E-state index in [-0.39, 0.29) is 30.5 Å². The summed E-state index contributed by atoms with van der Waals surface area (Å²) in [5, 5.41) is 6.85. The van der Waals surface area contributed by atoms with E-state index in [4.69, 9.17) is 0 Å². The molecule has 9 heteroatoms. The van der Waals surface area contributed by atoms with Crippen molar-refractivity contribution in [2.45, 2.75) is 53.4 Å². The minimum atomic E-state index is -4.55. The van der Waals surface area contributed by atoms with Crippen molar-refractivity contribution in [1.29, 1.82) is 0 Å². The van der Waals surface area contributed by atoms with Gasteiger partial charge in [-0.05, 0) is 38.8 Å². The second-order valence-corrected chi connectivity index (χ2v) is 5.75. The number of nitrogens with one attached hydrogen (secondary N) is 1. The summed E-state index contributed by atoms with van der Waals surface area (Å²) in [6, 6.07) is 0.869. The van der Waals surface area contributed by atoms with Crippen molar-refractivity contribution in [3.05, 3.63) is 40.2 Å². The summed E-state index contributed by atoms with van der Waals surface area (Å²) < 4.78 is 39.9. The molecule has 0 aromatic carbocycles. The molecule has 0 spiro atoms. The monoisotopic (exact) mass is 355 g/mol. The average molecular weight is 355 g/mol. The van der Waals surface area contributed by atoms with E-state index >= 15 is 0 Å². The molecule has 0 atom stereocenters. The topological polar surface area (TPSA) is 72.7 Å². The summed E-state index contributed by atoms with van der Waals surface area (Å²) >= 11 is 0. The molecule has 136 valence electrons. The summed E-state index contributed by atoms with van der Waals surface area (Å²) in [6.07, 6.45) is -3.73. The Kier molecular flexibility index (Phi) is 5.44. The minimum absolute atomic E-state index is 0.00931. The highest BCUT2D eigenvalue weighted by molar-refractivity contribution is 5.75. The van der Waals surface area contributed by atoms with Gasteiger partial charge in [-0.15, -0.1) is 0 Å². The first-order valence-corrected chi connectivity index (χ1v) is 7.83. The van der Waals surface area contributed by atoms with Crippen LogP contribution in [0, 0.1) is 20.8 Å². The summed E-state index contributed by atoms with van der Waals surface area (Å²) in [5.74, 6) is -0.449. The summed E-state index contributed by atoms with van der Waals surface area (Å²) in [7, 11) is 0. The quantitative estimate of drug-likeness (QED) is 0.894. The third-order valence-electron chi connectivity index (χ3n) is 3.81. The number of alkyl halides is 3. The molecule has 2 aromatic heterocycles. The molecule has 0 radical (unpaired) electrons. The number of halogens is 3. The largest absolute Gasteiger partial charge is 0.433 e. The number of amides is 1. The first kappa shape index (κ1) is 18.9. The molecule has 1 N–H and O–H groups in total. The summed E-state index contributed by atoms with van der Waals surface area (Å²) in [5.41, 5.74) is 2.03. The SMILES string of the molecule is CCc1c(C)nn(CC(=O)NCc2nc(C)cc(C(F)(F)F)n2)c1C. The number of carbonyl (C=O) groups is 1. The molecule has 0 unspecified atom stereocenters. The lowest BCUT2D eigenvalue weighted by Gasteiger charge is -2.10. The van der Waals surface area contributed by atoms with E-state index in [9.17, 15) is 18.0 Å². The maximum absolute atomic E-state index is 12.8. The molecule has 0 saturated heterocycles. The van der Waals surface area contributed by atoms with Crippen LogP contribution >= 0.6 is 0 Å². The van der Waals surface area contributed by atoms with Gasteiger partial charge in [0.25, 0.3) is 0 Å². The fourth-order valence-electron chi connectivity index (χ4n) is 2.62. The molecular weight excluding hydrogens is 335 g/mol. The maximum atomic E-state index is 12.8. The Labute approximate surface area is 143 Å². The van der Waals surface area contributed by atoms with Crippen LogP contribution in [0.2, 0.25) is 0 Å². The highest BCUT2D eigenvalue weighted by Gasteiger charge is 2.33. The van der Waals surface area contributed by atoms with Crippen molar-refractivity contribution in [2.24, 2.45) is 0 Å². The first-order valence-electron chi connectivity index (χ1n) is 7.83. The molecule has 2 rings (SSSR count). The smallest absolute Gasteiger partial charge is 0.347 e. The third kappa shape index (κ3) is 4.55. The minimum Gasteiger partial charge on any atom is -0.347 e. The van der Waals surface area contributed by atoms with Crippen molar-refractivity contribution in [1.82, 2.24) is 25.1 Å². The van der Waals surface area contributed by atoms with Crippen molar-refractivity contribution in [2.75, 3.05) is 0 Å². The summed E-state index contributed by atoms with van der Waals surface area (Å²) in [6.45, 7) is 7.03. The standard InChI is InChI=1S/C16H20F3N5O/c1-5-12-10(3)23-24(11(12)4)8-15(25)20-7-14-21-9(2)6-13(22-14)16(17,18)19/h6H,5,7-8H2,1-4H3,(H,20,25). The maximum Gasteiger partial charge on any atom is 0.433 e. The average Bonchev–Trinajstić information content (AvgIpc) is 2.77. The van der Waals surface area contributed by atoms with Gasteiger partial charge in [-0.1, -0.05) is 6.92 Å². The van der Waals surface area contributed by atoms with Gasteiger partial charge >= 0.3 is 6.18 Å². The van der Waals surface area contributed by atoms with E-state index in [1.54, 1.807) is 4.68 Å². The highest BCUT2D eigenvalue weighted by atomic mass is 19.4. The van der Waals surface area contributed by atoms with E-state index in [1.165, 1.54) is 6.92 Å². The molecule has 0 aliphatic heterocycles. The van der Waals surface area contributed by atoms with Crippen molar-refractivity contribution in [3.8, 4) is 0 Å². The Morgan fingerprint density at radius 2 is 1.92 bits per heavy atom. The molecule has 25 heavy (non-hydrogen) atoms. The van der Waals surface area contributed by atoms with Crippen LogP contribution in [0.15, 0.2) is 6.07 Å². The normalized spacial score (nSPS) is 11.6. The zero-order chi connectivity index (χ0) is 18.8. The van der Waals surface area contributed by atoms with Gasteiger partial charge in [0.2, 0.25) is 5.91 Å². The highest BCUT2D eigenvalue weighted by Crippen LogP contribution is 2.27.